The minimum Gasteiger partial charge on any atom is -0.356 e. The molecule has 0 amide bonds. The topological polar surface area (TPSA) is 27.6 Å². The maximum absolute atomic E-state index is 4.57. The van der Waals surface area contributed by atoms with Crippen molar-refractivity contribution in [2.24, 2.45) is 28.2 Å². The summed E-state index contributed by atoms with van der Waals surface area (Å²) in [5, 5.41) is 3.66. The van der Waals surface area contributed by atoms with Gasteiger partial charge in [-0.1, -0.05) is 0 Å². The lowest BCUT2D eigenvalue weighted by Crippen LogP contribution is -2.52. The summed E-state index contributed by atoms with van der Waals surface area (Å²) in [5.41, 5.74) is 0.626. The maximum atomic E-state index is 4.57. The van der Waals surface area contributed by atoms with Gasteiger partial charge in [0, 0.05) is 20.1 Å². The van der Waals surface area contributed by atoms with Crippen molar-refractivity contribution in [2.45, 2.75) is 38.5 Å². The molecule has 5 rings (SSSR count). The Bertz CT molecular complexity index is 339. The second kappa shape index (κ2) is 3.88. The molecule has 18 heavy (non-hydrogen) atoms. The molecule has 4 bridgehead atoms. The number of hydrogen-bond acceptors (Lipinski definition) is 3. The molecule has 0 spiro atoms. The average Bonchev–Trinajstić information content (AvgIpc) is 2.70. The fourth-order valence-electron chi connectivity index (χ4n) is 5.50. The van der Waals surface area contributed by atoms with E-state index in [0.29, 0.717) is 5.41 Å². The molecule has 1 aliphatic heterocycles. The summed E-state index contributed by atoms with van der Waals surface area (Å²) in [6, 6.07) is 0. The first-order chi connectivity index (χ1) is 8.72. The normalized spacial score (nSPS) is 45.5. The molecule has 5 aliphatic rings. The SMILES string of the molecule is CN1CCN=C1NCC12CC3CC(CC(C3)C1)C2. The van der Waals surface area contributed by atoms with Crippen LogP contribution in [0.1, 0.15) is 38.5 Å². The summed E-state index contributed by atoms with van der Waals surface area (Å²) in [4.78, 5) is 6.83. The summed E-state index contributed by atoms with van der Waals surface area (Å²) in [6.45, 7) is 3.24. The molecule has 4 saturated carbocycles. The highest BCUT2D eigenvalue weighted by Gasteiger charge is 2.50. The maximum Gasteiger partial charge on any atom is 0.193 e. The minimum absolute atomic E-state index is 0.626. The van der Waals surface area contributed by atoms with E-state index in [1.54, 1.807) is 19.3 Å². The number of likely N-dealkylation sites (N-methyl/N-ethyl adjacent to an activating group) is 1. The third-order valence-electron chi connectivity index (χ3n) is 5.85. The molecule has 1 N–H and O–H groups in total. The van der Waals surface area contributed by atoms with Crippen molar-refractivity contribution >= 4 is 5.96 Å². The van der Waals surface area contributed by atoms with Gasteiger partial charge in [-0.25, -0.2) is 0 Å². The number of guanidine groups is 1. The second-order valence-corrected chi connectivity index (χ2v) is 7.40. The van der Waals surface area contributed by atoms with Gasteiger partial charge in [0.2, 0.25) is 0 Å². The van der Waals surface area contributed by atoms with Crippen LogP contribution < -0.4 is 5.32 Å². The lowest BCUT2D eigenvalue weighted by molar-refractivity contribution is -0.0493. The van der Waals surface area contributed by atoms with Crippen LogP contribution in [0.25, 0.3) is 0 Å². The predicted molar refractivity (Wildman–Crippen MR) is 73.5 cm³/mol. The van der Waals surface area contributed by atoms with Gasteiger partial charge >= 0.3 is 0 Å². The van der Waals surface area contributed by atoms with Crippen molar-refractivity contribution in [3.63, 3.8) is 0 Å². The first-order valence-corrected chi connectivity index (χ1v) is 7.72. The number of hydrogen-bond donors (Lipinski definition) is 1. The van der Waals surface area contributed by atoms with E-state index in [4.69, 9.17) is 0 Å². The lowest BCUT2D eigenvalue weighted by atomic mass is 9.49. The molecular formula is C15H25N3. The first kappa shape index (κ1) is 11.1. The molecule has 4 aliphatic carbocycles. The molecular weight excluding hydrogens is 222 g/mol. The quantitative estimate of drug-likeness (QED) is 0.809. The van der Waals surface area contributed by atoms with Gasteiger partial charge in [-0.3, -0.25) is 4.99 Å². The monoisotopic (exact) mass is 247 g/mol. The first-order valence-electron chi connectivity index (χ1n) is 7.72. The fraction of sp³-hybridized carbons (Fsp3) is 0.933. The van der Waals surface area contributed by atoms with Gasteiger partial charge in [-0.2, -0.15) is 0 Å². The number of rotatable bonds is 2. The fourth-order valence-corrected chi connectivity index (χ4v) is 5.50. The predicted octanol–water partition coefficient (Wildman–Crippen LogP) is 2.09. The van der Waals surface area contributed by atoms with E-state index in [9.17, 15) is 0 Å². The molecule has 1 heterocycles. The summed E-state index contributed by atoms with van der Waals surface area (Å²) >= 11 is 0. The molecule has 0 atom stereocenters. The number of aliphatic imine (C=N–C) groups is 1. The Morgan fingerprint density at radius 1 is 1.17 bits per heavy atom. The molecule has 0 saturated heterocycles. The molecule has 0 unspecified atom stereocenters. The highest BCUT2D eigenvalue weighted by atomic mass is 15.3. The Labute approximate surface area is 110 Å². The van der Waals surface area contributed by atoms with Crippen LogP contribution in [0.4, 0.5) is 0 Å². The molecule has 4 fully saturated rings. The zero-order chi connectivity index (χ0) is 12.2. The molecule has 3 heteroatoms. The van der Waals surface area contributed by atoms with Crippen molar-refractivity contribution in [3.8, 4) is 0 Å². The molecule has 0 aromatic carbocycles. The van der Waals surface area contributed by atoms with E-state index in [1.165, 1.54) is 25.8 Å². The van der Waals surface area contributed by atoms with Crippen LogP contribution in [-0.2, 0) is 0 Å². The van der Waals surface area contributed by atoms with Crippen LogP contribution >= 0.6 is 0 Å². The number of nitrogens with zero attached hydrogens (tertiary/aromatic N) is 2. The highest BCUT2D eigenvalue weighted by molar-refractivity contribution is 5.81. The Morgan fingerprint density at radius 3 is 2.28 bits per heavy atom. The molecule has 0 aromatic rings. The summed E-state index contributed by atoms with van der Waals surface area (Å²) in [5.74, 6) is 4.31. The second-order valence-electron chi connectivity index (χ2n) is 7.40. The van der Waals surface area contributed by atoms with E-state index >= 15 is 0 Å². The third kappa shape index (κ3) is 1.74. The van der Waals surface area contributed by atoms with E-state index < -0.39 is 0 Å². The van der Waals surface area contributed by atoms with Gasteiger partial charge in [0.05, 0.1) is 6.54 Å². The Balaban J connectivity index is 1.45. The highest BCUT2D eigenvalue weighted by Crippen LogP contribution is 2.59. The molecule has 0 aromatic heterocycles. The Kier molecular flexibility index (Phi) is 2.40. The zero-order valence-electron chi connectivity index (χ0n) is 11.5. The van der Waals surface area contributed by atoms with Gasteiger partial charge in [0.1, 0.15) is 0 Å². The molecule has 3 nitrogen and oxygen atoms in total. The smallest absolute Gasteiger partial charge is 0.193 e. The zero-order valence-corrected chi connectivity index (χ0v) is 11.5. The van der Waals surface area contributed by atoms with E-state index in [2.05, 4.69) is 22.3 Å². The molecule has 0 radical (unpaired) electrons. The van der Waals surface area contributed by atoms with Crippen molar-refractivity contribution in [2.75, 3.05) is 26.7 Å². The van der Waals surface area contributed by atoms with E-state index in [0.717, 1.165) is 36.8 Å². The van der Waals surface area contributed by atoms with E-state index in [-0.39, 0.29) is 0 Å². The number of nitrogens with one attached hydrogen (secondary N) is 1. The Morgan fingerprint density at radius 2 is 1.78 bits per heavy atom. The lowest BCUT2D eigenvalue weighted by Gasteiger charge is -2.57. The van der Waals surface area contributed by atoms with Gasteiger partial charge in [0.25, 0.3) is 0 Å². The largest absolute Gasteiger partial charge is 0.356 e. The minimum atomic E-state index is 0.626. The van der Waals surface area contributed by atoms with Gasteiger partial charge < -0.3 is 10.2 Å². The van der Waals surface area contributed by atoms with Crippen LogP contribution in [0.15, 0.2) is 4.99 Å². The van der Waals surface area contributed by atoms with Gasteiger partial charge in [-0.15, -0.1) is 0 Å². The van der Waals surface area contributed by atoms with Crippen molar-refractivity contribution in [1.82, 2.24) is 10.2 Å². The Hall–Kier alpha value is -0.730. The van der Waals surface area contributed by atoms with Crippen LogP contribution in [0.2, 0.25) is 0 Å². The van der Waals surface area contributed by atoms with Crippen molar-refractivity contribution in [3.05, 3.63) is 0 Å². The standard InChI is InChI=1S/C15H25N3/c1-18-3-2-16-14(18)17-10-15-7-11-4-12(8-15)6-13(5-11)9-15/h11-13H,2-10H2,1H3,(H,16,17). The van der Waals surface area contributed by atoms with Crippen LogP contribution in [-0.4, -0.2) is 37.5 Å². The van der Waals surface area contributed by atoms with Gasteiger partial charge in [0.15, 0.2) is 5.96 Å². The summed E-state index contributed by atoms with van der Waals surface area (Å²) in [7, 11) is 2.15. The van der Waals surface area contributed by atoms with Crippen LogP contribution in [0, 0.1) is 23.2 Å². The van der Waals surface area contributed by atoms with Crippen LogP contribution in [0.3, 0.4) is 0 Å². The van der Waals surface area contributed by atoms with Gasteiger partial charge in [-0.05, 0) is 61.7 Å². The van der Waals surface area contributed by atoms with Crippen molar-refractivity contribution < 1.29 is 0 Å². The van der Waals surface area contributed by atoms with E-state index in [1.807, 2.05) is 0 Å². The molecule has 100 valence electrons. The summed E-state index contributed by atoms with van der Waals surface area (Å²) < 4.78 is 0. The third-order valence-corrected chi connectivity index (χ3v) is 5.85. The summed E-state index contributed by atoms with van der Waals surface area (Å²) in [6.07, 6.45) is 9.09. The average molecular weight is 247 g/mol. The van der Waals surface area contributed by atoms with Crippen molar-refractivity contribution in [1.29, 1.82) is 0 Å². The van der Waals surface area contributed by atoms with Crippen LogP contribution in [0.5, 0.6) is 0 Å².